The summed E-state index contributed by atoms with van der Waals surface area (Å²) < 4.78 is 5.25. The molecule has 0 aromatic heterocycles. The Bertz CT molecular complexity index is 547. The zero-order valence-electron chi connectivity index (χ0n) is 15.8. The summed E-state index contributed by atoms with van der Waals surface area (Å²) in [7, 11) is 0. The van der Waals surface area contributed by atoms with Gasteiger partial charge in [-0.2, -0.15) is 0 Å². The molecule has 1 aromatic rings. The number of nitrogens with one attached hydrogen (secondary N) is 2. The van der Waals surface area contributed by atoms with E-state index in [0.29, 0.717) is 6.54 Å². The predicted octanol–water partition coefficient (Wildman–Crippen LogP) is 4.18. The van der Waals surface area contributed by atoms with Crippen LogP contribution in [0, 0.1) is 20.8 Å². The molecule has 0 saturated heterocycles. The molecule has 23 heavy (non-hydrogen) atoms. The number of carbonyl (C=O) groups excluding carboxylic acids is 1. The molecule has 0 saturated carbocycles. The molecule has 4 nitrogen and oxygen atoms in total. The van der Waals surface area contributed by atoms with Crippen molar-refractivity contribution < 1.29 is 9.53 Å². The summed E-state index contributed by atoms with van der Waals surface area (Å²) in [5, 5.41) is 6.34. The van der Waals surface area contributed by atoms with Crippen LogP contribution in [0.3, 0.4) is 0 Å². The van der Waals surface area contributed by atoms with Crippen molar-refractivity contribution in [3.63, 3.8) is 0 Å². The fraction of sp³-hybridized carbons (Fsp3) is 0.632. The Morgan fingerprint density at radius 3 is 2.22 bits per heavy atom. The Morgan fingerprint density at radius 2 is 1.65 bits per heavy atom. The van der Waals surface area contributed by atoms with Gasteiger partial charge in [-0.1, -0.05) is 12.1 Å². The smallest absolute Gasteiger partial charge is 0.407 e. The third-order valence-electron chi connectivity index (χ3n) is 3.83. The number of alkyl carbamates (subject to hydrolysis) is 1. The molecular weight excluding hydrogens is 288 g/mol. The van der Waals surface area contributed by atoms with Crippen LogP contribution in [0.15, 0.2) is 12.1 Å². The van der Waals surface area contributed by atoms with Crippen LogP contribution in [0.4, 0.5) is 4.79 Å². The molecule has 2 atom stereocenters. The molecule has 0 bridgehead atoms. The summed E-state index contributed by atoms with van der Waals surface area (Å²) in [6.07, 6.45) is -0.374. The average Bonchev–Trinajstić information content (AvgIpc) is 2.38. The molecule has 0 aliphatic heterocycles. The van der Waals surface area contributed by atoms with Gasteiger partial charge in [-0.15, -0.1) is 0 Å². The summed E-state index contributed by atoms with van der Waals surface area (Å²) in [5.74, 6) is 0. The SMILES string of the molecule is Cc1cc(C)c(C(C)NC(C)CNC(=O)OC(C)(C)C)cc1C. The third-order valence-corrected chi connectivity index (χ3v) is 3.83. The Morgan fingerprint density at radius 1 is 1.09 bits per heavy atom. The van der Waals surface area contributed by atoms with Crippen LogP contribution in [0.5, 0.6) is 0 Å². The highest BCUT2D eigenvalue weighted by atomic mass is 16.6. The Balaban J connectivity index is 2.56. The van der Waals surface area contributed by atoms with Crippen molar-refractivity contribution in [3.05, 3.63) is 34.4 Å². The number of hydrogen-bond donors (Lipinski definition) is 2. The number of amides is 1. The highest BCUT2D eigenvalue weighted by Gasteiger charge is 2.17. The van der Waals surface area contributed by atoms with Gasteiger partial charge < -0.3 is 15.4 Å². The topological polar surface area (TPSA) is 50.4 Å². The zero-order chi connectivity index (χ0) is 17.8. The fourth-order valence-corrected chi connectivity index (χ4v) is 2.58. The normalized spacial score (nSPS) is 14.3. The summed E-state index contributed by atoms with van der Waals surface area (Å²) in [6.45, 7) is 16.7. The molecule has 1 rings (SSSR count). The van der Waals surface area contributed by atoms with E-state index in [-0.39, 0.29) is 18.2 Å². The minimum Gasteiger partial charge on any atom is -0.444 e. The minimum absolute atomic E-state index is 0.151. The standard InChI is InChI=1S/C19H32N2O2/c1-12-9-14(3)17(10-13(12)2)16(5)21-15(4)11-20-18(22)23-19(6,7)8/h9-10,15-16,21H,11H2,1-8H3,(H,20,22). The second-order valence-corrected chi connectivity index (χ2v) is 7.47. The van der Waals surface area contributed by atoms with E-state index in [9.17, 15) is 4.79 Å². The fourth-order valence-electron chi connectivity index (χ4n) is 2.58. The second kappa shape index (κ2) is 7.82. The number of ether oxygens (including phenoxy) is 1. The molecule has 0 heterocycles. The van der Waals surface area contributed by atoms with Gasteiger partial charge in [-0.05, 0) is 77.6 Å². The van der Waals surface area contributed by atoms with Crippen molar-refractivity contribution in [2.45, 2.75) is 73.1 Å². The van der Waals surface area contributed by atoms with Crippen LogP contribution in [-0.2, 0) is 4.74 Å². The molecule has 1 aromatic carbocycles. The molecule has 4 heteroatoms. The van der Waals surface area contributed by atoms with E-state index in [4.69, 9.17) is 4.74 Å². The van der Waals surface area contributed by atoms with Crippen molar-refractivity contribution >= 4 is 6.09 Å². The van der Waals surface area contributed by atoms with E-state index in [2.05, 4.69) is 57.4 Å². The van der Waals surface area contributed by atoms with Crippen molar-refractivity contribution in [2.24, 2.45) is 0 Å². The Kier molecular flexibility index (Phi) is 6.63. The van der Waals surface area contributed by atoms with Crippen LogP contribution >= 0.6 is 0 Å². The quantitative estimate of drug-likeness (QED) is 0.856. The summed E-state index contributed by atoms with van der Waals surface area (Å²) in [4.78, 5) is 11.7. The number of hydrogen-bond acceptors (Lipinski definition) is 3. The maximum absolute atomic E-state index is 11.7. The van der Waals surface area contributed by atoms with Crippen LogP contribution in [0.25, 0.3) is 0 Å². The lowest BCUT2D eigenvalue weighted by Gasteiger charge is -2.24. The predicted molar refractivity (Wildman–Crippen MR) is 95.9 cm³/mol. The van der Waals surface area contributed by atoms with E-state index < -0.39 is 5.60 Å². The van der Waals surface area contributed by atoms with Crippen molar-refractivity contribution in [1.29, 1.82) is 0 Å². The monoisotopic (exact) mass is 320 g/mol. The van der Waals surface area contributed by atoms with Gasteiger partial charge in [-0.3, -0.25) is 0 Å². The van der Waals surface area contributed by atoms with E-state index in [0.717, 1.165) is 0 Å². The van der Waals surface area contributed by atoms with E-state index in [1.54, 1.807) is 0 Å². The minimum atomic E-state index is -0.468. The van der Waals surface area contributed by atoms with E-state index in [1.165, 1.54) is 22.3 Å². The van der Waals surface area contributed by atoms with Crippen LogP contribution in [0.2, 0.25) is 0 Å². The van der Waals surface area contributed by atoms with Gasteiger partial charge in [0.1, 0.15) is 5.60 Å². The number of aryl methyl sites for hydroxylation is 3. The van der Waals surface area contributed by atoms with Crippen LogP contribution < -0.4 is 10.6 Å². The van der Waals surface area contributed by atoms with Crippen molar-refractivity contribution in [3.8, 4) is 0 Å². The summed E-state index contributed by atoms with van der Waals surface area (Å²) in [5.41, 5.74) is 4.75. The van der Waals surface area contributed by atoms with Gasteiger partial charge in [0.2, 0.25) is 0 Å². The molecule has 130 valence electrons. The van der Waals surface area contributed by atoms with Crippen molar-refractivity contribution in [2.75, 3.05) is 6.54 Å². The first-order valence-corrected chi connectivity index (χ1v) is 8.30. The molecule has 2 N–H and O–H groups in total. The summed E-state index contributed by atoms with van der Waals surface area (Å²) in [6, 6.07) is 4.85. The van der Waals surface area contributed by atoms with Gasteiger partial charge in [-0.25, -0.2) is 4.79 Å². The van der Waals surface area contributed by atoms with E-state index >= 15 is 0 Å². The lowest BCUT2D eigenvalue weighted by atomic mass is 9.96. The largest absolute Gasteiger partial charge is 0.444 e. The first kappa shape index (κ1) is 19.5. The van der Waals surface area contributed by atoms with Gasteiger partial charge in [0, 0.05) is 18.6 Å². The van der Waals surface area contributed by atoms with Gasteiger partial charge in [0.15, 0.2) is 0 Å². The molecule has 0 radical (unpaired) electrons. The van der Waals surface area contributed by atoms with Crippen LogP contribution in [-0.4, -0.2) is 24.3 Å². The number of benzene rings is 1. The molecule has 0 spiro atoms. The number of carbonyl (C=O) groups is 1. The average molecular weight is 320 g/mol. The maximum Gasteiger partial charge on any atom is 0.407 e. The zero-order valence-corrected chi connectivity index (χ0v) is 15.8. The molecule has 2 unspecified atom stereocenters. The number of rotatable bonds is 5. The molecule has 0 aliphatic rings. The Labute approximate surface area is 141 Å². The third kappa shape index (κ3) is 6.61. The molecule has 0 aliphatic carbocycles. The van der Waals surface area contributed by atoms with Gasteiger partial charge in [0.05, 0.1) is 0 Å². The highest BCUT2D eigenvalue weighted by Crippen LogP contribution is 2.21. The lowest BCUT2D eigenvalue weighted by molar-refractivity contribution is 0.0522. The van der Waals surface area contributed by atoms with Gasteiger partial charge in [0.25, 0.3) is 0 Å². The van der Waals surface area contributed by atoms with Crippen LogP contribution in [0.1, 0.15) is 62.9 Å². The first-order valence-electron chi connectivity index (χ1n) is 8.30. The molecule has 0 fully saturated rings. The maximum atomic E-state index is 11.7. The molecular formula is C19H32N2O2. The first-order chi connectivity index (χ1) is 10.5. The van der Waals surface area contributed by atoms with Crippen molar-refractivity contribution in [1.82, 2.24) is 10.6 Å². The Hall–Kier alpha value is -1.55. The van der Waals surface area contributed by atoms with E-state index in [1.807, 2.05) is 20.8 Å². The van der Waals surface area contributed by atoms with Gasteiger partial charge >= 0.3 is 6.09 Å². The second-order valence-electron chi connectivity index (χ2n) is 7.47. The highest BCUT2D eigenvalue weighted by molar-refractivity contribution is 5.67. The summed E-state index contributed by atoms with van der Waals surface area (Å²) >= 11 is 0. The molecule has 1 amide bonds. The lowest BCUT2D eigenvalue weighted by Crippen LogP contribution is -2.42.